The van der Waals surface area contributed by atoms with Crippen LogP contribution in [-0.4, -0.2) is 45.6 Å². The van der Waals surface area contributed by atoms with E-state index in [1.54, 1.807) is 18.0 Å². The van der Waals surface area contributed by atoms with Gasteiger partial charge in [0.15, 0.2) is 6.10 Å². The topological polar surface area (TPSA) is 79.8 Å². The lowest BCUT2D eigenvalue weighted by Crippen LogP contribution is -2.73. The van der Waals surface area contributed by atoms with Gasteiger partial charge in [-0.2, -0.15) is 0 Å². The summed E-state index contributed by atoms with van der Waals surface area (Å²) in [4.78, 5) is 47.8. The first-order chi connectivity index (χ1) is 18.2. The van der Waals surface area contributed by atoms with Gasteiger partial charge in [0.25, 0.3) is 0 Å². The van der Waals surface area contributed by atoms with Crippen LogP contribution < -0.4 is 4.90 Å². The van der Waals surface area contributed by atoms with Crippen molar-refractivity contribution in [3.63, 3.8) is 0 Å². The second kappa shape index (κ2) is 10.6. The molecule has 3 atom stereocenters. The summed E-state index contributed by atoms with van der Waals surface area (Å²) in [6.45, 7) is 5.13. The second-order valence-corrected chi connectivity index (χ2v) is 12.0. The summed E-state index contributed by atoms with van der Waals surface area (Å²) in [7, 11) is 0. The first kappa shape index (κ1) is 26.5. The Hall–Kier alpha value is -3.14. The second-order valence-electron chi connectivity index (χ2n) is 9.44. The van der Waals surface area contributed by atoms with E-state index in [0.29, 0.717) is 9.91 Å². The third kappa shape index (κ3) is 4.63. The molecule has 38 heavy (non-hydrogen) atoms. The smallest absolute Gasteiger partial charge is 0.319 e. The SMILES string of the molecule is CC(=O)N(c1cnc(C)s1)C1C(=O)N2CC(C)(C(=O)OC(c3ccccc3)c3ccccc3)C(=CCl)S[C@H]12. The lowest BCUT2D eigenvalue weighted by atomic mass is 9.86. The van der Waals surface area contributed by atoms with Crippen molar-refractivity contribution in [1.82, 2.24) is 9.88 Å². The van der Waals surface area contributed by atoms with Crippen molar-refractivity contribution in [2.45, 2.75) is 38.3 Å². The molecule has 0 bridgehead atoms. The average molecular weight is 568 g/mol. The van der Waals surface area contributed by atoms with Gasteiger partial charge in [-0.05, 0) is 25.0 Å². The lowest BCUT2D eigenvalue weighted by molar-refractivity contribution is -0.162. The van der Waals surface area contributed by atoms with Crippen LogP contribution in [0.4, 0.5) is 5.00 Å². The molecule has 2 amide bonds. The number of nitrogens with zero attached hydrogens (tertiary/aromatic N) is 3. The highest BCUT2D eigenvalue weighted by Gasteiger charge is 2.60. The van der Waals surface area contributed by atoms with Crippen LogP contribution in [-0.2, 0) is 19.1 Å². The van der Waals surface area contributed by atoms with Crippen LogP contribution in [0.3, 0.4) is 0 Å². The highest BCUT2D eigenvalue weighted by atomic mass is 35.5. The monoisotopic (exact) mass is 567 g/mol. The number of fused-ring (bicyclic) bond motifs is 1. The summed E-state index contributed by atoms with van der Waals surface area (Å²) in [6, 6.07) is 18.4. The zero-order chi connectivity index (χ0) is 27.0. The number of amides is 2. The Balaban J connectivity index is 1.41. The molecule has 2 fully saturated rings. The normalized spacial score (nSPS) is 23.7. The molecule has 1 aromatic heterocycles. The number of aryl methyl sites for hydroxylation is 1. The number of carbonyl (C=O) groups excluding carboxylic acids is 3. The number of carbonyl (C=O) groups is 3. The fourth-order valence-electron chi connectivity index (χ4n) is 4.80. The molecule has 2 aliphatic heterocycles. The van der Waals surface area contributed by atoms with Gasteiger partial charge in [0.2, 0.25) is 11.8 Å². The van der Waals surface area contributed by atoms with Crippen molar-refractivity contribution in [3.05, 3.63) is 93.4 Å². The summed E-state index contributed by atoms with van der Waals surface area (Å²) < 4.78 is 6.16. The van der Waals surface area contributed by atoms with Gasteiger partial charge in [-0.15, -0.1) is 23.1 Å². The third-order valence-electron chi connectivity index (χ3n) is 6.83. The molecule has 5 rings (SSSR count). The standard InChI is InChI=1S/C28H26ClN3O4S2/c1-17-30-15-22(37-17)32(18(2)33)23-25(34)31-16-28(3,21(14-29)38-26(23)31)27(35)36-24(19-10-6-4-7-11-19)20-12-8-5-9-13-20/h4-15,23-24,26H,16H2,1-3H3/t23?,26-,28?/m1/s1. The minimum Gasteiger partial charge on any atom is -0.452 e. The van der Waals surface area contributed by atoms with E-state index in [-0.39, 0.29) is 23.7 Å². The molecule has 2 saturated heterocycles. The lowest BCUT2D eigenvalue weighted by Gasteiger charge is -2.56. The van der Waals surface area contributed by atoms with Gasteiger partial charge in [0.1, 0.15) is 21.8 Å². The predicted octanol–water partition coefficient (Wildman–Crippen LogP) is 5.51. The largest absolute Gasteiger partial charge is 0.452 e. The molecule has 2 aromatic carbocycles. The Morgan fingerprint density at radius 2 is 1.76 bits per heavy atom. The van der Waals surface area contributed by atoms with Crippen LogP contribution in [0.2, 0.25) is 0 Å². The number of anilines is 1. The van der Waals surface area contributed by atoms with Crippen molar-refractivity contribution < 1.29 is 19.1 Å². The molecule has 0 spiro atoms. The van der Waals surface area contributed by atoms with Crippen molar-refractivity contribution in [2.75, 3.05) is 11.4 Å². The van der Waals surface area contributed by atoms with Gasteiger partial charge < -0.3 is 9.64 Å². The molecule has 2 aliphatic rings. The Morgan fingerprint density at radius 3 is 2.26 bits per heavy atom. The Morgan fingerprint density at radius 1 is 1.16 bits per heavy atom. The molecule has 0 saturated carbocycles. The summed E-state index contributed by atoms with van der Waals surface area (Å²) in [5.74, 6) is -0.949. The zero-order valence-electron chi connectivity index (χ0n) is 21.0. The molecule has 2 unspecified atom stereocenters. The van der Waals surface area contributed by atoms with Gasteiger partial charge >= 0.3 is 5.97 Å². The number of thiazole rings is 1. The maximum atomic E-state index is 13.8. The van der Waals surface area contributed by atoms with Gasteiger partial charge in [0, 0.05) is 23.9 Å². The van der Waals surface area contributed by atoms with Gasteiger partial charge in [-0.3, -0.25) is 19.3 Å². The average Bonchev–Trinajstić information content (AvgIpc) is 3.36. The van der Waals surface area contributed by atoms with E-state index in [9.17, 15) is 14.4 Å². The number of hydrogen-bond acceptors (Lipinski definition) is 7. The Kier molecular flexibility index (Phi) is 7.35. The molecule has 3 aromatic rings. The first-order valence-electron chi connectivity index (χ1n) is 12.1. The number of β-lactam (4-membered cyclic amide) rings is 1. The summed E-state index contributed by atoms with van der Waals surface area (Å²) in [5, 5.41) is 1.04. The van der Waals surface area contributed by atoms with E-state index < -0.39 is 23.5 Å². The van der Waals surface area contributed by atoms with Crippen LogP contribution >= 0.6 is 34.7 Å². The Labute approximate surface area is 234 Å². The van der Waals surface area contributed by atoms with E-state index >= 15 is 0 Å². The van der Waals surface area contributed by atoms with Crippen LogP contribution in [0.5, 0.6) is 0 Å². The van der Waals surface area contributed by atoms with Crippen LogP contribution in [0.1, 0.15) is 36.1 Å². The fourth-order valence-corrected chi connectivity index (χ4v) is 7.44. The number of ether oxygens (including phenoxy) is 1. The fraction of sp³-hybridized carbons (Fsp3) is 0.286. The van der Waals surface area contributed by atoms with Gasteiger partial charge in [0.05, 0.1) is 11.2 Å². The van der Waals surface area contributed by atoms with Crippen molar-refractivity contribution in [1.29, 1.82) is 0 Å². The van der Waals surface area contributed by atoms with E-state index in [1.165, 1.54) is 40.5 Å². The molecule has 0 N–H and O–H groups in total. The van der Waals surface area contributed by atoms with Gasteiger partial charge in [-0.1, -0.05) is 72.3 Å². The molecular weight excluding hydrogens is 542 g/mol. The van der Waals surface area contributed by atoms with E-state index in [1.807, 2.05) is 67.6 Å². The van der Waals surface area contributed by atoms with Crippen LogP contribution in [0, 0.1) is 12.3 Å². The highest BCUT2D eigenvalue weighted by Crippen LogP contribution is 2.52. The number of thioether (sulfide) groups is 1. The Bertz CT molecular complexity index is 1360. The summed E-state index contributed by atoms with van der Waals surface area (Å²) in [5.41, 5.74) is 1.89. The molecule has 196 valence electrons. The quantitative estimate of drug-likeness (QED) is 0.289. The first-order valence-corrected chi connectivity index (χ1v) is 14.2. The maximum Gasteiger partial charge on any atom is 0.319 e. The number of aromatic nitrogens is 1. The number of esters is 1. The predicted molar refractivity (Wildman–Crippen MR) is 150 cm³/mol. The number of hydrogen-bond donors (Lipinski definition) is 0. The number of rotatable bonds is 6. The molecule has 0 radical (unpaired) electrons. The van der Waals surface area contributed by atoms with E-state index in [2.05, 4.69) is 4.98 Å². The van der Waals surface area contributed by atoms with Crippen LogP contribution in [0.15, 0.2) is 77.3 Å². The van der Waals surface area contributed by atoms with Crippen molar-refractivity contribution in [2.24, 2.45) is 5.41 Å². The molecule has 0 aliphatic carbocycles. The summed E-state index contributed by atoms with van der Waals surface area (Å²) in [6.07, 6.45) is 0.987. The zero-order valence-corrected chi connectivity index (χ0v) is 23.4. The van der Waals surface area contributed by atoms with E-state index in [0.717, 1.165) is 16.1 Å². The molecule has 7 nitrogen and oxygen atoms in total. The third-order valence-corrected chi connectivity index (χ3v) is 9.67. The highest BCUT2D eigenvalue weighted by molar-refractivity contribution is 8.04. The minimum atomic E-state index is -1.17. The number of halogens is 1. The van der Waals surface area contributed by atoms with Crippen molar-refractivity contribution >= 4 is 57.5 Å². The number of benzene rings is 2. The molecule has 10 heteroatoms. The van der Waals surface area contributed by atoms with Gasteiger partial charge in [-0.25, -0.2) is 4.98 Å². The molecular formula is C28H26ClN3O4S2. The summed E-state index contributed by atoms with van der Waals surface area (Å²) >= 11 is 8.95. The minimum absolute atomic E-state index is 0.0984. The molecule has 3 heterocycles. The van der Waals surface area contributed by atoms with Crippen molar-refractivity contribution in [3.8, 4) is 0 Å². The van der Waals surface area contributed by atoms with E-state index in [4.69, 9.17) is 16.3 Å². The van der Waals surface area contributed by atoms with Crippen LogP contribution in [0.25, 0.3) is 0 Å². The maximum absolute atomic E-state index is 13.8.